The molecule has 1 aromatic heterocycles. The van der Waals surface area contributed by atoms with Crippen LogP contribution in [-0.4, -0.2) is 48.2 Å². The average molecular weight is 331 g/mol. The van der Waals surface area contributed by atoms with Crippen LogP contribution in [0, 0.1) is 6.92 Å². The van der Waals surface area contributed by atoms with E-state index in [2.05, 4.69) is 31.4 Å². The van der Waals surface area contributed by atoms with Gasteiger partial charge in [0.2, 0.25) is 5.89 Å². The second kappa shape index (κ2) is 8.90. The molecule has 130 valence electrons. The largest absolute Gasteiger partial charge is 0.496 e. The van der Waals surface area contributed by atoms with Gasteiger partial charge in [0.1, 0.15) is 5.75 Å². The highest BCUT2D eigenvalue weighted by atomic mass is 16.5. The molecule has 7 nitrogen and oxygen atoms in total. The molecule has 0 spiro atoms. The number of nitrogens with zero attached hydrogens (tertiary/aromatic N) is 4. The summed E-state index contributed by atoms with van der Waals surface area (Å²) in [5, 5.41) is 7.09. The molecule has 0 aliphatic carbocycles. The monoisotopic (exact) mass is 331 g/mol. The van der Waals surface area contributed by atoms with Gasteiger partial charge in [-0.05, 0) is 19.9 Å². The van der Waals surface area contributed by atoms with Gasteiger partial charge in [0, 0.05) is 32.1 Å². The molecule has 2 aromatic rings. The Morgan fingerprint density at radius 1 is 1.38 bits per heavy atom. The predicted molar refractivity (Wildman–Crippen MR) is 93.2 cm³/mol. The molecule has 0 saturated carbocycles. The summed E-state index contributed by atoms with van der Waals surface area (Å²) in [6, 6.07) is 7.99. The lowest BCUT2D eigenvalue weighted by atomic mass is 10.2. The van der Waals surface area contributed by atoms with Gasteiger partial charge in [0.15, 0.2) is 11.8 Å². The van der Waals surface area contributed by atoms with Gasteiger partial charge in [-0.15, -0.1) is 0 Å². The van der Waals surface area contributed by atoms with Crippen LogP contribution < -0.4 is 10.1 Å². The van der Waals surface area contributed by atoms with E-state index < -0.39 is 0 Å². The summed E-state index contributed by atoms with van der Waals surface area (Å²) >= 11 is 0. The van der Waals surface area contributed by atoms with E-state index in [1.807, 2.05) is 32.2 Å². The Balaban J connectivity index is 2.00. The number of methoxy groups -OCH3 is 1. The van der Waals surface area contributed by atoms with E-state index in [-0.39, 0.29) is 0 Å². The zero-order valence-electron chi connectivity index (χ0n) is 14.7. The van der Waals surface area contributed by atoms with Crippen molar-refractivity contribution in [3.63, 3.8) is 0 Å². The molecule has 2 rings (SSSR count). The number of hydrogen-bond donors (Lipinski definition) is 1. The van der Waals surface area contributed by atoms with Crippen molar-refractivity contribution < 1.29 is 9.26 Å². The number of aromatic nitrogens is 2. The average Bonchev–Trinajstić information content (AvgIpc) is 3.00. The second-order valence-corrected chi connectivity index (χ2v) is 5.39. The topological polar surface area (TPSA) is 75.8 Å². The van der Waals surface area contributed by atoms with E-state index in [1.54, 1.807) is 14.0 Å². The van der Waals surface area contributed by atoms with Crippen LogP contribution in [0.3, 0.4) is 0 Å². The minimum atomic E-state index is 0.584. The van der Waals surface area contributed by atoms with E-state index in [9.17, 15) is 0 Å². The van der Waals surface area contributed by atoms with Gasteiger partial charge in [-0.3, -0.25) is 4.99 Å². The van der Waals surface area contributed by atoms with E-state index >= 15 is 0 Å². The fraction of sp³-hybridized carbons (Fsp3) is 0.471. The van der Waals surface area contributed by atoms with Gasteiger partial charge in [-0.25, -0.2) is 0 Å². The first-order valence-corrected chi connectivity index (χ1v) is 8.04. The molecular formula is C17H25N5O2. The van der Waals surface area contributed by atoms with Gasteiger partial charge >= 0.3 is 0 Å². The van der Waals surface area contributed by atoms with Crippen molar-refractivity contribution >= 4 is 5.96 Å². The molecule has 0 aliphatic heterocycles. The quantitative estimate of drug-likeness (QED) is 0.618. The number of aliphatic imine (C=N–C) groups is 1. The maximum absolute atomic E-state index is 5.41. The third-order valence-corrected chi connectivity index (χ3v) is 3.45. The highest BCUT2D eigenvalue weighted by molar-refractivity contribution is 5.79. The molecule has 0 amide bonds. The third kappa shape index (κ3) is 4.97. The van der Waals surface area contributed by atoms with Crippen molar-refractivity contribution in [2.24, 2.45) is 4.99 Å². The lowest BCUT2D eigenvalue weighted by molar-refractivity contribution is 0.375. The van der Waals surface area contributed by atoms with Crippen LogP contribution in [0.4, 0.5) is 0 Å². The summed E-state index contributed by atoms with van der Waals surface area (Å²) in [6.45, 7) is 5.94. The Morgan fingerprint density at radius 2 is 2.17 bits per heavy atom. The summed E-state index contributed by atoms with van der Waals surface area (Å²) in [5.74, 6) is 2.97. The van der Waals surface area contributed by atoms with E-state index in [0.29, 0.717) is 31.2 Å². The third-order valence-electron chi connectivity index (χ3n) is 3.45. The Hall–Kier alpha value is -2.57. The molecule has 0 fully saturated rings. The number of ether oxygens (including phenoxy) is 1. The summed E-state index contributed by atoms with van der Waals surface area (Å²) in [5.41, 5.74) is 1.11. The molecule has 1 N–H and O–H groups in total. The minimum absolute atomic E-state index is 0.584. The van der Waals surface area contributed by atoms with Gasteiger partial charge in [0.05, 0.1) is 13.7 Å². The second-order valence-electron chi connectivity index (χ2n) is 5.39. The summed E-state index contributed by atoms with van der Waals surface area (Å²) in [7, 11) is 3.69. The Kier molecular flexibility index (Phi) is 6.60. The first-order valence-electron chi connectivity index (χ1n) is 8.04. The molecule has 7 heteroatoms. The fourth-order valence-electron chi connectivity index (χ4n) is 2.33. The Labute approximate surface area is 142 Å². The van der Waals surface area contributed by atoms with Gasteiger partial charge in [-0.1, -0.05) is 23.4 Å². The number of guanidine groups is 1. The van der Waals surface area contributed by atoms with Gasteiger partial charge in [0.25, 0.3) is 0 Å². The van der Waals surface area contributed by atoms with Crippen molar-refractivity contribution in [3.05, 3.63) is 41.5 Å². The molecule has 0 unspecified atom stereocenters. The van der Waals surface area contributed by atoms with E-state index in [4.69, 9.17) is 9.26 Å². The highest BCUT2D eigenvalue weighted by Crippen LogP contribution is 2.18. The van der Waals surface area contributed by atoms with Gasteiger partial charge < -0.3 is 19.5 Å². The SMILES string of the molecule is CCNC(=NCCc1nc(C)no1)N(C)Cc1ccccc1OC. The van der Waals surface area contributed by atoms with Crippen LogP contribution in [0.25, 0.3) is 0 Å². The zero-order valence-corrected chi connectivity index (χ0v) is 14.7. The lowest BCUT2D eigenvalue weighted by Crippen LogP contribution is -2.38. The lowest BCUT2D eigenvalue weighted by Gasteiger charge is -2.23. The number of aryl methyl sites for hydroxylation is 1. The van der Waals surface area contributed by atoms with Crippen molar-refractivity contribution in [1.82, 2.24) is 20.4 Å². The molecule has 1 aromatic carbocycles. The minimum Gasteiger partial charge on any atom is -0.496 e. The Bertz CT molecular complexity index is 669. The normalized spacial score (nSPS) is 11.4. The van der Waals surface area contributed by atoms with Crippen LogP contribution >= 0.6 is 0 Å². The smallest absolute Gasteiger partial charge is 0.228 e. The van der Waals surface area contributed by atoms with Crippen molar-refractivity contribution in [2.75, 3.05) is 27.2 Å². The van der Waals surface area contributed by atoms with Crippen LogP contribution in [-0.2, 0) is 13.0 Å². The molecular weight excluding hydrogens is 306 g/mol. The summed E-state index contributed by atoms with van der Waals surface area (Å²) in [4.78, 5) is 10.9. The van der Waals surface area contributed by atoms with Crippen LogP contribution in [0.1, 0.15) is 24.2 Å². The van der Waals surface area contributed by atoms with Crippen molar-refractivity contribution in [1.29, 1.82) is 0 Å². The summed E-state index contributed by atoms with van der Waals surface area (Å²) < 4.78 is 10.5. The predicted octanol–water partition coefficient (Wildman–Crippen LogP) is 2.03. The number of nitrogens with one attached hydrogen (secondary N) is 1. The van der Waals surface area contributed by atoms with Crippen LogP contribution in [0.5, 0.6) is 5.75 Å². The zero-order chi connectivity index (χ0) is 17.4. The fourth-order valence-corrected chi connectivity index (χ4v) is 2.33. The Morgan fingerprint density at radius 3 is 2.83 bits per heavy atom. The first kappa shape index (κ1) is 17.8. The molecule has 0 radical (unpaired) electrons. The number of hydrogen-bond acceptors (Lipinski definition) is 5. The van der Waals surface area contributed by atoms with Crippen LogP contribution in [0.2, 0.25) is 0 Å². The molecule has 1 heterocycles. The molecule has 0 bridgehead atoms. The standard InChI is InChI=1S/C17H25N5O2/c1-5-18-17(19-11-10-16-20-13(2)21-24-16)22(3)12-14-8-6-7-9-15(14)23-4/h6-9H,5,10-12H2,1-4H3,(H,18,19). The highest BCUT2D eigenvalue weighted by Gasteiger charge is 2.10. The number of para-hydroxylation sites is 1. The van der Waals surface area contributed by atoms with Gasteiger partial charge in [-0.2, -0.15) is 4.98 Å². The molecule has 0 aliphatic rings. The first-order chi connectivity index (χ1) is 11.6. The molecule has 24 heavy (non-hydrogen) atoms. The molecule has 0 saturated heterocycles. The number of rotatable bonds is 7. The van der Waals surface area contributed by atoms with Crippen molar-refractivity contribution in [2.45, 2.75) is 26.8 Å². The summed E-state index contributed by atoms with van der Waals surface area (Å²) in [6.07, 6.45) is 0.623. The van der Waals surface area contributed by atoms with Crippen LogP contribution in [0.15, 0.2) is 33.8 Å². The van der Waals surface area contributed by atoms with E-state index in [0.717, 1.165) is 23.8 Å². The maximum Gasteiger partial charge on any atom is 0.228 e. The number of benzene rings is 1. The van der Waals surface area contributed by atoms with E-state index in [1.165, 1.54) is 0 Å². The molecule has 0 atom stereocenters. The maximum atomic E-state index is 5.41. The van der Waals surface area contributed by atoms with Crippen molar-refractivity contribution in [3.8, 4) is 5.75 Å².